The third-order valence-electron chi connectivity index (χ3n) is 3.51. The summed E-state index contributed by atoms with van der Waals surface area (Å²) < 4.78 is 10.4. The molecule has 9 heteroatoms. The predicted molar refractivity (Wildman–Crippen MR) is 87.0 cm³/mol. The zero-order chi connectivity index (χ0) is 19.0. The van der Waals surface area contributed by atoms with Crippen molar-refractivity contribution in [1.82, 2.24) is 10.2 Å². The summed E-state index contributed by atoms with van der Waals surface area (Å²) in [5, 5.41) is 10.9. The van der Waals surface area contributed by atoms with Gasteiger partial charge in [0, 0.05) is 13.1 Å². The van der Waals surface area contributed by atoms with Crippen molar-refractivity contribution in [2.45, 2.75) is 45.8 Å². The molecule has 1 heterocycles. The van der Waals surface area contributed by atoms with Crippen molar-refractivity contribution in [2.24, 2.45) is 5.41 Å². The molecule has 25 heavy (non-hydrogen) atoms. The van der Waals surface area contributed by atoms with Crippen LogP contribution in [-0.4, -0.2) is 72.7 Å². The first-order valence-electron chi connectivity index (χ1n) is 8.13. The van der Waals surface area contributed by atoms with Crippen molar-refractivity contribution in [3.63, 3.8) is 0 Å². The third kappa shape index (κ3) is 7.97. The standard InChI is InChI=1S/C16H26N2O7/c1-16(2,3)9-12(14(22)18-4-6-24-7-5-18)25-15(23)17-11(10-19)8-13(20)21/h10-12H,4-9H2,1-3H3,(H,17,23)(H,20,21)/t11-,12-/m0/s1. The van der Waals surface area contributed by atoms with Gasteiger partial charge in [-0.2, -0.15) is 0 Å². The summed E-state index contributed by atoms with van der Waals surface area (Å²) in [5.74, 6) is -1.55. The summed E-state index contributed by atoms with van der Waals surface area (Å²) in [6.07, 6.45) is -1.96. The molecule has 0 aromatic heterocycles. The smallest absolute Gasteiger partial charge is 0.408 e. The van der Waals surface area contributed by atoms with Crippen LogP contribution in [0.15, 0.2) is 0 Å². The molecular weight excluding hydrogens is 332 g/mol. The fourth-order valence-corrected chi connectivity index (χ4v) is 2.36. The topological polar surface area (TPSA) is 122 Å². The van der Waals surface area contributed by atoms with Gasteiger partial charge in [0.05, 0.1) is 25.7 Å². The lowest BCUT2D eigenvalue weighted by Gasteiger charge is -2.32. The third-order valence-corrected chi connectivity index (χ3v) is 3.51. The Labute approximate surface area is 146 Å². The first-order chi connectivity index (χ1) is 11.6. The lowest BCUT2D eigenvalue weighted by molar-refractivity contribution is -0.146. The number of carboxylic acid groups (broad SMARTS) is 1. The fraction of sp³-hybridized carbons (Fsp3) is 0.750. The number of hydrogen-bond acceptors (Lipinski definition) is 6. The monoisotopic (exact) mass is 358 g/mol. The molecular formula is C16H26N2O7. The fourth-order valence-electron chi connectivity index (χ4n) is 2.36. The van der Waals surface area contributed by atoms with Crippen LogP contribution in [-0.2, 0) is 23.9 Å². The maximum absolute atomic E-state index is 12.6. The van der Waals surface area contributed by atoms with Crippen molar-refractivity contribution in [2.75, 3.05) is 26.3 Å². The highest BCUT2D eigenvalue weighted by Gasteiger charge is 2.33. The summed E-state index contributed by atoms with van der Waals surface area (Å²) in [6, 6.07) is -1.21. The largest absolute Gasteiger partial charge is 0.481 e. The summed E-state index contributed by atoms with van der Waals surface area (Å²) in [5.41, 5.74) is -0.280. The number of aliphatic carboxylic acids is 1. The minimum atomic E-state index is -1.23. The van der Waals surface area contributed by atoms with Gasteiger partial charge in [-0.25, -0.2) is 4.79 Å². The van der Waals surface area contributed by atoms with Gasteiger partial charge in [0.1, 0.15) is 6.29 Å². The molecule has 2 N–H and O–H groups in total. The highest BCUT2D eigenvalue weighted by atomic mass is 16.6. The van der Waals surface area contributed by atoms with Gasteiger partial charge in [-0.05, 0) is 11.8 Å². The molecule has 1 fully saturated rings. The van der Waals surface area contributed by atoms with Crippen LogP contribution in [0.3, 0.4) is 0 Å². The maximum Gasteiger partial charge on any atom is 0.408 e. The van der Waals surface area contributed by atoms with Crippen LogP contribution in [0.4, 0.5) is 4.79 Å². The summed E-state index contributed by atoms with van der Waals surface area (Å²) >= 11 is 0. The van der Waals surface area contributed by atoms with Crippen LogP contribution in [0.5, 0.6) is 0 Å². The Morgan fingerprint density at radius 1 is 1.28 bits per heavy atom. The SMILES string of the molecule is CC(C)(C)C[C@H](OC(=O)N[C@H](C=O)CC(=O)O)C(=O)N1CCOCC1. The van der Waals surface area contributed by atoms with E-state index in [0.29, 0.717) is 39.0 Å². The number of rotatable bonds is 7. The zero-order valence-corrected chi connectivity index (χ0v) is 14.8. The van der Waals surface area contributed by atoms with E-state index in [1.807, 2.05) is 20.8 Å². The molecule has 0 aliphatic carbocycles. The van der Waals surface area contributed by atoms with Crippen LogP contribution >= 0.6 is 0 Å². The second-order valence-electron chi connectivity index (χ2n) is 7.08. The van der Waals surface area contributed by atoms with E-state index in [9.17, 15) is 19.2 Å². The maximum atomic E-state index is 12.6. The van der Waals surface area contributed by atoms with Gasteiger partial charge in [0.2, 0.25) is 0 Å². The van der Waals surface area contributed by atoms with E-state index in [0.717, 1.165) is 0 Å². The van der Waals surface area contributed by atoms with Crippen molar-refractivity contribution in [1.29, 1.82) is 0 Å². The number of carbonyl (C=O) groups is 4. The second kappa shape index (κ2) is 9.36. The minimum Gasteiger partial charge on any atom is -0.481 e. The average Bonchev–Trinajstić information content (AvgIpc) is 2.52. The molecule has 1 rings (SSSR count). The van der Waals surface area contributed by atoms with E-state index in [-0.39, 0.29) is 11.3 Å². The molecule has 0 bridgehead atoms. The number of nitrogens with zero attached hydrogens (tertiary/aromatic N) is 1. The van der Waals surface area contributed by atoms with Crippen LogP contribution in [0.1, 0.15) is 33.6 Å². The number of amides is 2. The summed E-state index contributed by atoms with van der Waals surface area (Å²) in [4.78, 5) is 47.7. The highest BCUT2D eigenvalue weighted by molar-refractivity contribution is 5.84. The quantitative estimate of drug-likeness (QED) is 0.632. The predicted octanol–water partition coefficient (Wildman–Crippen LogP) is 0.418. The molecule has 0 spiro atoms. The first-order valence-corrected chi connectivity index (χ1v) is 8.13. The van der Waals surface area contributed by atoms with E-state index in [2.05, 4.69) is 5.32 Å². The number of ether oxygens (including phenoxy) is 2. The Morgan fingerprint density at radius 2 is 1.88 bits per heavy atom. The molecule has 142 valence electrons. The number of carboxylic acids is 1. The van der Waals surface area contributed by atoms with Crippen LogP contribution in [0.25, 0.3) is 0 Å². The lowest BCUT2D eigenvalue weighted by Crippen LogP contribution is -2.49. The average molecular weight is 358 g/mol. The molecule has 9 nitrogen and oxygen atoms in total. The van der Waals surface area contributed by atoms with Crippen molar-refractivity contribution in [3.8, 4) is 0 Å². The van der Waals surface area contributed by atoms with E-state index in [1.54, 1.807) is 4.90 Å². The van der Waals surface area contributed by atoms with Gasteiger partial charge in [-0.3, -0.25) is 9.59 Å². The number of alkyl carbamates (subject to hydrolysis) is 1. The lowest BCUT2D eigenvalue weighted by atomic mass is 9.88. The highest BCUT2D eigenvalue weighted by Crippen LogP contribution is 2.24. The molecule has 1 aliphatic heterocycles. The van der Waals surface area contributed by atoms with E-state index >= 15 is 0 Å². The molecule has 1 aliphatic rings. The zero-order valence-electron chi connectivity index (χ0n) is 14.8. The molecule has 0 aromatic carbocycles. The van der Waals surface area contributed by atoms with Crippen molar-refractivity contribution >= 4 is 24.3 Å². The van der Waals surface area contributed by atoms with Gasteiger partial charge in [-0.1, -0.05) is 20.8 Å². The Hall–Kier alpha value is -2.16. The van der Waals surface area contributed by atoms with Crippen LogP contribution in [0.2, 0.25) is 0 Å². The van der Waals surface area contributed by atoms with E-state index in [1.165, 1.54) is 0 Å². The van der Waals surface area contributed by atoms with Crippen molar-refractivity contribution in [3.05, 3.63) is 0 Å². The molecule has 0 radical (unpaired) electrons. The van der Waals surface area contributed by atoms with Crippen LogP contribution in [0, 0.1) is 5.41 Å². The van der Waals surface area contributed by atoms with Gasteiger partial charge in [-0.15, -0.1) is 0 Å². The molecule has 0 unspecified atom stereocenters. The number of carbonyl (C=O) groups excluding carboxylic acids is 3. The number of morpholine rings is 1. The number of hydrogen-bond donors (Lipinski definition) is 2. The van der Waals surface area contributed by atoms with Crippen molar-refractivity contribution < 1.29 is 33.8 Å². The molecule has 1 saturated heterocycles. The first kappa shape index (κ1) is 20.9. The normalized spacial score (nSPS) is 17.3. The minimum absolute atomic E-state index is 0.280. The Kier molecular flexibility index (Phi) is 7.82. The van der Waals surface area contributed by atoms with Gasteiger partial charge in [0.25, 0.3) is 5.91 Å². The van der Waals surface area contributed by atoms with E-state index < -0.39 is 30.6 Å². The Morgan fingerprint density at radius 3 is 2.36 bits per heavy atom. The second-order valence-corrected chi connectivity index (χ2v) is 7.08. The van der Waals surface area contributed by atoms with Crippen LogP contribution < -0.4 is 5.32 Å². The summed E-state index contributed by atoms with van der Waals surface area (Å²) in [7, 11) is 0. The number of nitrogens with one attached hydrogen (secondary N) is 1. The Bertz CT molecular complexity index is 495. The summed E-state index contributed by atoms with van der Waals surface area (Å²) in [6.45, 7) is 7.41. The van der Waals surface area contributed by atoms with Gasteiger partial charge >= 0.3 is 12.1 Å². The number of aldehydes is 1. The van der Waals surface area contributed by atoms with E-state index in [4.69, 9.17) is 14.6 Å². The molecule has 2 atom stereocenters. The van der Waals surface area contributed by atoms with Gasteiger partial charge < -0.3 is 29.6 Å². The molecule has 0 aromatic rings. The molecule has 2 amide bonds. The molecule has 0 saturated carbocycles. The Balaban J connectivity index is 2.74. The van der Waals surface area contributed by atoms with Gasteiger partial charge in [0.15, 0.2) is 6.10 Å².